The van der Waals surface area contributed by atoms with Crippen molar-refractivity contribution in [1.82, 2.24) is 0 Å². The predicted octanol–water partition coefficient (Wildman–Crippen LogP) is 1.91. The maximum absolute atomic E-state index is 11.0. The molecule has 0 spiro atoms. The Labute approximate surface area is 109 Å². The van der Waals surface area contributed by atoms with E-state index in [9.17, 15) is 4.79 Å². The fourth-order valence-corrected chi connectivity index (χ4v) is 1.04. The number of ether oxygens (including phenoxy) is 4. The molecule has 0 heterocycles. The van der Waals surface area contributed by atoms with Crippen molar-refractivity contribution >= 4 is 5.97 Å². The van der Waals surface area contributed by atoms with E-state index in [1.807, 2.05) is 0 Å². The van der Waals surface area contributed by atoms with Crippen LogP contribution in [0.2, 0.25) is 0 Å². The van der Waals surface area contributed by atoms with Gasteiger partial charge in [-0.15, -0.1) is 0 Å². The Morgan fingerprint density at radius 3 is 2.56 bits per heavy atom. The van der Waals surface area contributed by atoms with Gasteiger partial charge in [0.1, 0.15) is 6.61 Å². The van der Waals surface area contributed by atoms with Crippen molar-refractivity contribution in [3.8, 4) is 0 Å². The second-order valence-corrected chi connectivity index (χ2v) is 3.88. The van der Waals surface area contributed by atoms with Crippen LogP contribution in [0.25, 0.3) is 0 Å². The fraction of sp³-hybridized carbons (Fsp3) is 0.769. The molecule has 1 atom stereocenters. The second kappa shape index (κ2) is 11.2. The molecular weight excluding hydrogens is 236 g/mol. The van der Waals surface area contributed by atoms with Gasteiger partial charge in [-0.25, -0.2) is 4.79 Å². The molecule has 0 N–H and O–H groups in total. The molecule has 0 radical (unpaired) electrons. The Kier molecular flexibility index (Phi) is 10.6. The minimum Gasteiger partial charge on any atom is -0.460 e. The molecular formula is C13H24O5. The number of unbranched alkanes of at least 4 members (excludes halogenated alkanes) is 1. The highest BCUT2D eigenvalue weighted by atomic mass is 16.7. The fourth-order valence-electron chi connectivity index (χ4n) is 1.04. The summed E-state index contributed by atoms with van der Waals surface area (Å²) >= 11 is 0. The molecule has 18 heavy (non-hydrogen) atoms. The molecule has 0 fully saturated rings. The summed E-state index contributed by atoms with van der Waals surface area (Å²) in [7, 11) is 1.57. The van der Waals surface area contributed by atoms with Crippen molar-refractivity contribution in [2.45, 2.75) is 33.0 Å². The van der Waals surface area contributed by atoms with Crippen molar-refractivity contribution in [1.29, 1.82) is 0 Å². The first-order valence-electron chi connectivity index (χ1n) is 6.16. The minimum atomic E-state index is -0.402. The van der Waals surface area contributed by atoms with Crippen LogP contribution in [-0.4, -0.2) is 45.8 Å². The molecule has 0 saturated carbocycles. The third-order valence-corrected chi connectivity index (χ3v) is 2.13. The number of hydrogen-bond donors (Lipinski definition) is 0. The summed E-state index contributed by atoms with van der Waals surface area (Å²) in [4.78, 5) is 11.0. The number of methoxy groups -OCH3 is 1. The van der Waals surface area contributed by atoms with Gasteiger partial charge in [0.25, 0.3) is 0 Å². The molecule has 0 bridgehead atoms. The van der Waals surface area contributed by atoms with Crippen molar-refractivity contribution in [3.63, 3.8) is 0 Å². The van der Waals surface area contributed by atoms with Crippen LogP contribution in [0.4, 0.5) is 0 Å². The smallest absolute Gasteiger partial charge is 0.333 e. The van der Waals surface area contributed by atoms with E-state index in [1.165, 1.54) is 0 Å². The van der Waals surface area contributed by atoms with Gasteiger partial charge in [0, 0.05) is 19.3 Å². The zero-order valence-corrected chi connectivity index (χ0v) is 11.6. The zero-order valence-electron chi connectivity index (χ0n) is 11.6. The van der Waals surface area contributed by atoms with Crippen LogP contribution in [0.1, 0.15) is 26.7 Å². The lowest BCUT2D eigenvalue weighted by Gasteiger charge is -2.16. The molecule has 0 rings (SSSR count). The van der Waals surface area contributed by atoms with Crippen molar-refractivity contribution in [2.75, 3.05) is 33.5 Å². The maximum atomic E-state index is 11.0. The molecule has 1 unspecified atom stereocenters. The molecule has 0 aromatic carbocycles. The highest BCUT2D eigenvalue weighted by Gasteiger charge is 2.07. The highest BCUT2D eigenvalue weighted by Crippen LogP contribution is 1.98. The standard InChI is InChI=1S/C13H24O5/c1-5-6-7-17-12(15-4)10-16-8-9-18-13(14)11(2)3/h12H,2,5-10H2,1,3-4H3. The average molecular weight is 260 g/mol. The normalized spacial score (nSPS) is 12.2. The van der Waals surface area contributed by atoms with Gasteiger partial charge in [-0.1, -0.05) is 19.9 Å². The van der Waals surface area contributed by atoms with Crippen molar-refractivity contribution in [2.24, 2.45) is 0 Å². The Hall–Kier alpha value is -0.910. The van der Waals surface area contributed by atoms with E-state index in [4.69, 9.17) is 18.9 Å². The van der Waals surface area contributed by atoms with Gasteiger partial charge < -0.3 is 18.9 Å². The Morgan fingerprint density at radius 1 is 1.28 bits per heavy atom. The van der Waals surface area contributed by atoms with Crippen molar-refractivity contribution < 1.29 is 23.7 Å². The van der Waals surface area contributed by atoms with Crippen LogP contribution in [0.5, 0.6) is 0 Å². The SMILES string of the molecule is C=C(C)C(=O)OCCOCC(OC)OCCCC. The van der Waals surface area contributed by atoms with Gasteiger partial charge in [0.05, 0.1) is 13.2 Å². The van der Waals surface area contributed by atoms with Crippen LogP contribution in [-0.2, 0) is 23.7 Å². The first-order valence-corrected chi connectivity index (χ1v) is 6.16. The second-order valence-electron chi connectivity index (χ2n) is 3.88. The van der Waals surface area contributed by atoms with Crippen LogP contribution in [0, 0.1) is 0 Å². The number of esters is 1. The number of carbonyl (C=O) groups excluding carboxylic acids is 1. The lowest BCUT2D eigenvalue weighted by Crippen LogP contribution is -2.24. The summed E-state index contributed by atoms with van der Waals surface area (Å²) < 4.78 is 20.7. The van der Waals surface area contributed by atoms with E-state index in [2.05, 4.69) is 13.5 Å². The molecule has 0 aromatic heterocycles. The number of carbonyl (C=O) groups is 1. The summed E-state index contributed by atoms with van der Waals surface area (Å²) in [6.45, 7) is 8.68. The Bertz CT molecular complexity index is 240. The third-order valence-electron chi connectivity index (χ3n) is 2.13. The van der Waals surface area contributed by atoms with E-state index in [-0.39, 0.29) is 12.9 Å². The molecule has 0 saturated heterocycles. The zero-order chi connectivity index (χ0) is 13.8. The number of rotatable bonds is 11. The average Bonchev–Trinajstić information content (AvgIpc) is 2.36. The molecule has 5 heteroatoms. The summed E-state index contributed by atoms with van der Waals surface area (Å²) in [5, 5.41) is 0. The lowest BCUT2D eigenvalue weighted by atomic mass is 10.4. The highest BCUT2D eigenvalue weighted by molar-refractivity contribution is 5.86. The molecule has 0 aliphatic rings. The summed E-state index contributed by atoms with van der Waals surface area (Å²) in [5.41, 5.74) is 0.382. The van der Waals surface area contributed by atoms with E-state index in [0.29, 0.717) is 25.4 Å². The van der Waals surface area contributed by atoms with Crippen LogP contribution in [0.15, 0.2) is 12.2 Å². The van der Waals surface area contributed by atoms with E-state index < -0.39 is 5.97 Å². The summed E-state index contributed by atoms with van der Waals surface area (Å²) in [6, 6.07) is 0. The largest absolute Gasteiger partial charge is 0.460 e. The van der Waals surface area contributed by atoms with Gasteiger partial charge in [-0.3, -0.25) is 0 Å². The lowest BCUT2D eigenvalue weighted by molar-refractivity contribution is -0.162. The maximum Gasteiger partial charge on any atom is 0.333 e. The molecule has 0 aliphatic heterocycles. The van der Waals surface area contributed by atoms with Crippen LogP contribution >= 0.6 is 0 Å². The third kappa shape index (κ3) is 9.15. The molecule has 5 nitrogen and oxygen atoms in total. The van der Waals surface area contributed by atoms with Crippen molar-refractivity contribution in [3.05, 3.63) is 12.2 Å². The van der Waals surface area contributed by atoms with E-state index >= 15 is 0 Å². The van der Waals surface area contributed by atoms with Gasteiger partial charge in [-0.05, 0) is 13.3 Å². The van der Waals surface area contributed by atoms with E-state index in [1.54, 1.807) is 14.0 Å². The first-order chi connectivity index (χ1) is 8.61. The van der Waals surface area contributed by atoms with E-state index in [0.717, 1.165) is 12.8 Å². The monoisotopic (exact) mass is 260 g/mol. The molecule has 0 aromatic rings. The first kappa shape index (κ1) is 17.1. The topological polar surface area (TPSA) is 54.0 Å². The molecule has 0 amide bonds. The molecule has 0 aliphatic carbocycles. The van der Waals surface area contributed by atoms with Gasteiger partial charge in [0.2, 0.25) is 0 Å². The van der Waals surface area contributed by atoms with Gasteiger partial charge in [-0.2, -0.15) is 0 Å². The summed E-state index contributed by atoms with van der Waals surface area (Å²) in [6.07, 6.45) is 1.71. The van der Waals surface area contributed by atoms with Gasteiger partial charge >= 0.3 is 5.97 Å². The molecule has 106 valence electrons. The Morgan fingerprint density at radius 2 is 2.00 bits per heavy atom. The van der Waals surface area contributed by atoms with Crippen LogP contribution < -0.4 is 0 Å². The summed E-state index contributed by atoms with van der Waals surface area (Å²) in [5.74, 6) is -0.402. The minimum absolute atomic E-state index is 0.205. The van der Waals surface area contributed by atoms with Gasteiger partial charge in [0.15, 0.2) is 6.29 Å². The number of hydrogen-bond acceptors (Lipinski definition) is 5. The quantitative estimate of drug-likeness (QED) is 0.246. The predicted molar refractivity (Wildman–Crippen MR) is 68.2 cm³/mol. The Balaban J connectivity index is 3.50. The van der Waals surface area contributed by atoms with Crippen LogP contribution in [0.3, 0.4) is 0 Å².